The third-order valence-corrected chi connectivity index (χ3v) is 4.62. The molecule has 0 fully saturated rings. The van der Waals surface area contributed by atoms with Crippen LogP contribution in [0, 0.1) is 5.82 Å². The standard InChI is InChI=1S/C20H16FN3O2S/c1-13(23-24-19(25)16-5-2-3-6-17(16)21)14-8-10-15(11-9-14)22-20(26)18-7-4-12-27-18/h2-12H,1H3,(H,22,26)(H,24,25)/b23-13+. The second kappa shape index (κ2) is 8.37. The van der Waals surface area contributed by atoms with E-state index in [0.717, 1.165) is 5.56 Å². The van der Waals surface area contributed by atoms with E-state index in [1.165, 1.54) is 29.5 Å². The molecule has 0 spiro atoms. The fourth-order valence-electron chi connectivity index (χ4n) is 2.30. The average Bonchev–Trinajstić information content (AvgIpc) is 3.22. The Bertz CT molecular complexity index is 983. The topological polar surface area (TPSA) is 70.6 Å². The van der Waals surface area contributed by atoms with Gasteiger partial charge in [-0.1, -0.05) is 30.3 Å². The number of hydrogen-bond donors (Lipinski definition) is 2. The average molecular weight is 381 g/mol. The van der Waals surface area contributed by atoms with Gasteiger partial charge in [-0.2, -0.15) is 5.10 Å². The van der Waals surface area contributed by atoms with Crippen molar-refractivity contribution in [2.45, 2.75) is 6.92 Å². The van der Waals surface area contributed by atoms with Crippen LogP contribution in [-0.2, 0) is 0 Å². The summed E-state index contributed by atoms with van der Waals surface area (Å²) in [7, 11) is 0. The van der Waals surface area contributed by atoms with Gasteiger partial charge in [0.25, 0.3) is 11.8 Å². The molecule has 27 heavy (non-hydrogen) atoms. The third-order valence-electron chi connectivity index (χ3n) is 3.75. The van der Waals surface area contributed by atoms with Crippen LogP contribution in [0.25, 0.3) is 0 Å². The van der Waals surface area contributed by atoms with Crippen molar-refractivity contribution in [3.63, 3.8) is 0 Å². The number of hydrogen-bond acceptors (Lipinski definition) is 4. The third kappa shape index (κ3) is 4.65. The summed E-state index contributed by atoms with van der Waals surface area (Å²) in [6, 6.07) is 16.3. The molecule has 0 bridgehead atoms. The summed E-state index contributed by atoms with van der Waals surface area (Å²) in [5.74, 6) is -1.39. The Morgan fingerprint density at radius 3 is 2.37 bits per heavy atom. The molecule has 0 aliphatic rings. The number of amides is 2. The summed E-state index contributed by atoms with van der Waals surface area (Å²) in [5, 5.41) is 8.66. The van der Waals surface area contributed by atoms with E-state index in [0.29, 0.717) is 16.3 Å². The summed E-state index contributed by atoms with van der Waals surface area (Å²) in [4.78, 5) is 24.6. The first-order chi connectivity index (χ1) is 13.0. The normalized spacial score (nSPS) is 11.1. The lowest BCUT2D eigenvalue weighted by Crippen LogP contribution is -2.20. The van der Waals surface area contributed by atoms with Gasteiger partial charge in [-0.25, -0.2) is 9.82 Å². The monoisotopic (exact) mass is 381 g/mol. The maximum Gasteiger partial charge on any atom is 0.274 e. The second-order valence-corrected chi connectivity index (χ2v) is 6.57. The number of rotatable bonds is 5. The maximum atomic E-state index is 13.6. The molecule has 136 valence electrons. The summed E-state index contributed by atoms with van der Waals surface area (Å²) in [5.41, 5.74) is 4.24. The van der Waals surface area contributed by atoms with Crippen molar-refractivity contribution in [2.24, 2.45) is 5.10 Å². The van der Waals surface area contributed by atoms with Crippen molar-refractivity contribution in [3.8, 4) is 0 Å². The van der Waals surface area contributed by atoms with Crippen molar-refractivity contribution < 1.29 is 14.0 Å². The molecule has 0 aliphatic carbocycles. The lowest BCUT2D eigenvalue weighted by atomic mass is 10.1. The lowest BCUT2D eigenvalue weighted by molar-refractivity contribution is 0.0950. The number of hydrazone groups is 1. The first kappa shape index (κ1) is 18.5. The van der Waals surface area contributed by atoms with Crippen LogP contribution >= 0.6 is 11.3 Å². The summed E-state index contributed by atoms with van der Waals surface area (Å²) in [6.45, 7) is 1.72. The highest BCUT2D eigenvalue weighted by Gasteiger charge is 2.10. The number of carbonyl (C=O) groups is 2. The zero-order valence-corrected chi connectivity index (χ0v) is 15.2. The number of carbonyl (C=O) groups excluding carboxylic acids is 2. The van der Waals surface area contributed by atoms with Gasteiger partial charge in [-0.15, -0.1) is 11.3 Å². The van der Waals surface area contributed by atoms with E-state index in [9.17, 15) is 14.0 Å². The quantitative estimate of drug-likeness (QED) is 0.511. The first-order valence-corrected chi connectivity index (χ1v) is 8.97. The molecule has 2 amide bonds. The molecule has 3 aromatic rings. The summed E-state index contributed by atoms with van der Waals surface area (Å²) < 4.78 is 13.6. The van der Waals surface area contributed by atoms with Gasteiger partial charge in [0.15, 0.2) is 0 Å². The van der Waals surface area contributed by atoms with Crippen molar-refractivity contribution in [1.82, 2.24) is 5.43 Å². The molecule has 2 N–H and O–H groups in total. The van der Waals surface area contributed by atoms with Crippen LogP contribution < -0.4 is 10.7 Å². The van der Waals surface area contributed by atoms with Gasteiger partial charge in [0, 0.05) is 5.69 Å². The van der Waals surface area contributed by atoms with Gasteiger partial charge in [-0.3, -0.25) is 9.59 Å². The van der Waals surface area contributed by atoms with Crippen molar-refractivity contribution in [1.29, 1.82) is 0 Å². The zero-order chi connectivity index (χ0) is 19.2. The fourth-order valence-corrected chi connectivity index (χ4v) is 2.92. The van der Waals surface area contributed by atoms with E-state index < -0.39 is 11.7 Å². The van der Waals surface area contributed by atoms with E-state index in [4.69, 9.17) is 0 Å². The Kier molecular flexibility index (Phi) is 5.73. The van der Waals surface area contributed by atoms with Crippen LogP contribution in [0.3, 0.4) is 0 Å². The fraction of sp³-hybridized carbons (Fsp3) is 0.0500. The zero-order valence-electron chi connectivity index (χ0n) is 14.4. The van der Waals surface area contributed by atoms with E-state index in [-0.39, 0.29) is 11.5 Å². The Hall–Kier alpha value is -3.32. The number of nitrogens with zero attached hydrogens (tertiary/aromatic N) is 1. The van der Waals surface area contributed by atoms with Crippen LogP contribution in [0.1, 0.15) is 32.5 Å². The minimum Gasteiger partial charge on any atom is -0.321 e. The SMILES string of the molecule is C/C(=N\NC(=O)c1ccccc1F)c1ccc(NC(=O)c2cccs2)cc1. The van der Waals surface area contributed by atoms with E-state index in [1.807, 2.05) is 11.4 Å². The molecule has 0 atom stereocenters. The lowest BCUT2D eigenvalue weighted by Gasteiger charge is -2.06. The van der Waals surface area contributed by atoms with Gasteiger partial charge in [0.2, 0.25) is 0 Å². The number of halogens is 1. The van der Waals surface area contributed by atoms with Crippen LogP contribution in [0.4, 0.5) is 10.1 Å². The molecule has 0 radical (unpaired) electrons. The van der Waals surface area contributed by atoms with Crippen LogP contribution in [-0.4, -0.2) is 17.5 Å². The van der Waals surface area contributed by atoms with Gasteiger partial charge in [0.05, 0.1) is 16.2 Å². The van der Waals surface area contributed by atoms with Gasteiger partial charge >= 0.3 is 0 Å². The highest BCUT2D eigenvalue weighted by Crippen LogP contribution is 2.14. The molecule has 0 saturated carbocycles. The molecule has 2 aromatic carbocycles. The molecule has 0 unspecified atom stereocenters. The first-order valence-electron chi connectivity index (χ1n) is 8.09. The smallest absolute Gasteiger partial charge is 0.274 e. The maximum absolute atomic E-state index is 13.6. The van der Waals surface area contributed by atoms with E-state index in [2.05, 4.69) is 15.8 Å². The van der Waals surface area contributed by atoms with Crippen molar-refractivity contribution in [3.05, 3.63) is 87.9 Å². The number of nitrogens with one attached hydrogen (secondary N) is 2. The summed E-state index contributed by atoms with van der Waals surface area (Å²) in [6.07, 6.45) is 0. The molecule has 7 heteroatoms. The van der Waals surface area contributed by atoms with Gasteiger partial charge in [0.1, 0.15) is 5.82 Å². The van der Waals surface area contributed by atoms with Gasteiger partial charge < -0.3 is 5.32 Å². The van der Waals surface area contributed by atoms with Crippen LogP contribution in [0.5, 0.6) is 0 Å². The Balaban J connectivity index is 1.64. The molecule has 1 heterocycles. The number of thiophene rings is 1. The largest absolute Gasteiger partial charge is 0.321 e. The second-order valence-electron chi connectivity index (χ2n) is 5.63. The minimum atomic E-state index is -0.618. The molecule has 0 saturated heterocycles. The van der Waals surface area contributed by atoms with Crippen molar-refractivity contribution >= 4 is 34.6 Å². The molecule has 0 aliphatic heterocycles. The van der Waals surface area contributed by atoms with Crippen LogP contribution in [0.2, 0.25) is 0 Å². The highest BCUT2D eigenvalue weighted by atomic mass is 32.1. The molecular formula is C20H16FN3O2S. The molecule has 3 rings (SSSR count). The number of benzene rings is 2. The molecule has 1 aromatic heterocycles. The Morgan fingerprint density at radius 1 is 0.963 bits per heavy atom. The predicted molar refractivity (Wildman–Crippen MR) is 105 cm³/mol. The Labute approximate surface area is 159 Å². The van der Waals surface area contributed by atoms with E-state index in [1.54, 1.807) is 43.3 Å². The number of anilines is 1. The van der Waals surface area contributed by atoms with Crippen LogP contribution in [0.15, 0.2) is 71.1 Å². The molecule has 5 nitrogen and oxygen atoms in total. The summed E-state index contributed by atoms with van der Waals surface area (Å²) >= 11 is 1.37. The molecular weight excluding hydrogens is 365 g/mol. The Morgan fingerprint density at radius 2 is 1.70 bits per heavy atom. The van der Waals surface area contributed by atoms with Gasteiger partial charge in [-0.05, 0) is 48.2 Å². The predicted octanol–water partition coefficient (Wildman–Crippen LogP) is 4.29. The van der Waals surface area contributed by atoms with E-state index >= 15 is 0 Å². The van der Waals surface area contributed by atoms with Crippen molar-refractivity contribution in [2.75, 3.05) is 5.32 Å². The highest BCUT2D eigenvalue weighted by molar-refractivity contribution is 7.12. The minimum absolute atomic E-state index is 0.0688.